The van der Waals surface area contributed by atoms with E-state index < -0.39 is 0 Å². The topological polar surface area (TPSA) is 31.2 Å². The molecule has 0 atom stereocenters. The van der Waals surface area contributed by atoms with E-state index in [1.54, 1.807) is 12.1 Å². The third-order valence-corrected chi connectivity index (χ3v) is 3.40. The Morgan fingerprint density at radius 1 is 1.20 bits per heavy atom. The van der Waals surface area contributed by atoms with Crippen molar-refractivity contribution in [2.24, 2.45) is 0 Å². The number of carbonyl (C=O) groups is 1. The number of carbonyl (C=O) groups excluding carboxylic acids is 1. The summed E-state index contributed by atoms with van der Waals surface area (Å²) in [6.45, 7) is 4.40. The van der Waals surface area contributed by atoms with Crippen molar-refractivity contribution < 1.29 is 9.53 Å². The summed E-state index contributed by atoms with van der Waals surface area (Å²) in [5.41, 5.74) is 0.650. The first kappa shape index (κ1) is 14.7. The Labute approximate surface area is 124 Å². The number of hydrogen-bond donors (Lipinski definition) is 0. The van der Waals surface area contributed by atoms with Crippen LogP contribution in [0.15, 0.2) is 48.8 Å². The zero-order valence-electron chi connectivity index (χ0n) is 11.7. The van der Waals surface area contributed by atoms with E-state index in [1.165, 1.54) is 0 Å². The molecule has 4 heteroatoms. The van der Waals surface area contributed by atoms with Crippen molar-refractivity contribution in [3.05, 3.63) is 59.4 Å². The lowest BCUT2D eigenvalue weighted by molar-refractivity contribution is -0.145. The Bertz CT molecular complexity index is 559. The van der Waals surface area contributed by atoms with Gasteiger partial charge in [0.05, 0.1) is 12.0 Å². The van der Waals surface area contributed by atoms with Crippen LogP contribution in [0.25, 0.3) is 0 Å². The van der Waals surface area contributed by atoms with Crippen molar-refractivity contribution in [1.82, 2.24) is 4.57 Å². The molecule has 0 aliphatic heterocycles. The fraction of sp³-hybridized carbons (Fsp3) is 0.312. The molecular formula is C16H18ClNO2. The van der Waals surface area contributed by atoms with Crippen LogP contribution in [-0.4, -0.2) is 17.1 Å². The number of benzene rings is 1. The largest absolute Gasteiger partial charge is 0.463 e. The SMILES string of the molecule is CC(C)(COC(=O)Cc1ccc(Cl)cc1)n1cccc1. The molecule has 106 valence electrons. The summed E-state index contributed by atoms with van der Waals surface area (Å²) in [5.74, 6) is -0.229. The van der Waals surface area contributed by atoms with Gasteiger partial charge in [0.1, 0.15) is 6.61 Å². The summed E-state index contributed by atoms with van der Waals surface area (Å²) >= 11 is 5.81. The van der Waals surface area contributed by atoms with Gasteiger partial charge in [-0.25, -0.2) is 0 Å². The van der Waals surface area contributed by atoms with Gasteiger partial charge in [0.2, 0.25) is 0 Å². The molecular weight excluding hydrogens is 274 g/mol. The van der Waals surface area contributed by atoms with Crippen LogP contribution in [0.3, 0.4) is 0 Å². The number of nitrogens with zero attached hydrogens (tertiary/aromatic N) is 1. The number of rotatable bonds is 5. The fourth-order valence-electron chi connectivity index (χ4n) is 1.89. The molecule has 0 spiro atoms. The second kappa shape index (κ2) is 6.14. The van der Waals surface area contributed by atoms with Gasteiger partial charge in [0, 0.05) is 17.4 Å². The molecule has 1 aromatic heterocycles. The molecule has 1 aromatic carbocycles. The predicted octanol–water partition coefficient (Wildman–Crippen LogP) is 3.66. The molecule has 0 fully saturated rings. The molecule has 0 saturated heterocycles. The molecule has 0 saturated carbocycles. The van der Waals surface area contributed by atoms with Crippen LogP contribution >= 0.6 is 11.6 Å². The first-order chi connectivity index (χ1) is 9.47. The summed E-state index contributed by atoms with van der Waals surface area (Å²) in [5, 5.41) is 0.663. The summed E-state index contributed by atoms with van der Waals surface area (Å²) in [7, 11) is 0. The molecule has 0 amide bonds. The van der Waals surface area contributed by atoms with Gasteiger partial charge in [-0.2, -0.15) is 0 Å². The third-order valence-electron chi connectivity index (χ3n) is 3.15. The van der Waals surface area contributed by atoms with Gasteiger partial charge in [0.25, 0.3) is 0 Å². The lowest BCUT2D eigenvalue weighted by Gasteiger charge is -2.26. The van der Waals surface area contributed by atoms with E-state index in [2.05, 4.69) is 0 Å². The Hall–Kier alpha value is -1.74. The number of hydrogen-bond acceptors (Lipinski definition) is 2. The first-order valence-electron chi connectivity index (χ1n) is 6.51. The van der Waals surface area contributed by atoms with Crippen molar-refractivity contribution in [2.45, 2.75) is 25.8 Å². The van der Waals surface area contributed by atoms with Gasteiger partial charge in [-0.05, 0) is 43.7 Å². The maximum absolute atomic E-state index is 11.8. The molecule has 0 bridgehead atoms. The van der Waals surface area contributed by atoms with Gasteiger partial charge >= 0.3 is 5.97 Å². The van der Waals surface area contributed by atoms with Gasteiger partial charge in [-0.3, -0.25) is 4.79 Å². The van der Waals surface area contributed by atoms with Crippen molar-refractivity contribution in [3.8, 4) is 0 Å². The molecule has 2 rings (SSSR count). The van der Waals surface area contributed by atoms with Crippen LogP contribution in [0, 0.1) is 0 Å². The molecule has 0 N–H and O–H groups in total. The third kappa shape index (κ3) is 3.87. The molecule has 20 heavy (non-hydrogen) atoms. The minimum absolute atomic E-state index is 0.229. The van der Waals surface area contributed by atoms with Crippen LogP contribution in [0.5, 0.6) is 0 Å². The van der Waals surface area contributed by atoms with E-state index in [4.69, 9.17) is 16.3 Å². The average Bonchev–Trinajstić information content (AvgIpc) is 2.94. The molecule has 0 aliphatic carbocycles. The lowest BCUT2D eigenvalue weighted by atomic mass is 10.1. The van der Waals surface area contributed by atoms with E-state index in [0.29, 0.717) is 11.6 Å². The number of aromatic nitrogens is 1. The zero-order chi connectivity index (χ0) is 14.6. The maximum atomic E-state index is 11.8. The van der Waals surface area contributed by atoms with E-state index in [0.717, 1.165) is 5.56 Å². The fourth-order valence-corrected chi connectivity index (χ4v) is 2.02. The summed E-state index contributed by atoms with van der Waals surface area (Å²) < 4.78 is 7.40. The maximum Gasteiger partial charge on any atom is 0.310 e. The number of halogens is 1. The van der Waals surface area contributed by atoms with Gasteiger partial charge in [0.15, 0.2) is 0 Å². The monoisotopic (exact) mass is 291 g/mol. The Kier molecular flexibility index (Phi) is 4.50. The van der Waals surface area contributed by atoms with Gasteiger partial charge in [-0.15, -0.1) is 0 Å². The first-order valence-corrected chi connectivity index (χ1v) is 6.89. The highest BCUT2D eigenvalue weighted by atomic mass is 35.5. The van der Waals surface area contributed by atoms with Crippen molar-refractivity contribution in [3.63, 3.8) is 0 Å². The Morgan fingerprint density at radius 2 is 1.80 bits per heavy atom. The average molecular weight is 292 g/mol. The molecule has 2 aromatic rings. The summed E-state index contributed by atoms with van der Waals surface area (Å²) in [4.78, 5) is 11.8. The zero-order valence-corrected chi connectivity index (χ0v) is 12.4. The molecule has 0 unspecified atom stereocenters. The van der Waals surface area contributed by atoms with Crippen LogP contribution in [-0.2, 0) is 21.5 Å². The molecule has 3 nitrogen and oxygen atoms in total. The highest BCUT2D eigenvalue weighted by Crippen LogP contribution is 2.16. The van der Waals surface area contributed by atoms with Crippen LogP contribution < -0.4 is 0 Å². The van der Waals surface area contributed by atoms with E-state index in [-0.39, 0.29) is 17.9 Å². The Morgan fingerprint density at radius 3 is 2.40 bits per heavy atom. The standard InChI is InChI=1S/C16H18ClNO2/c1-16(2,18-9-3-4-10-18)12-20-15(19)11-13-5-7-14(17)8-6-13/h3-10H,11-12H2,1-2H3. The smallest absolute Gasteiger partial charge is 0.310 e. The molecule has 0 aliphatic rings. The van der Waals surface area contributed by atoms with E-state index in [1.807, 2.05) is 55.1 Å². The second-order valence-electron chi connectivity index (χ2n) is 5.37. The Balaban J connectivity index is 1.88. The predicted molar refractivity (Wildman–Crippen MR) is 79.9 cm³/mol. The number of ether oxygens (including phenoxy) is 1. The minimum Gasteiger partial charge on any atom is -0.463 e. The quantitative estimate of drug-likeness (QED) is 0.787. The number of esters is 1. The van der Waals surface area contributed by atoms with E-state index >= 15 is 0 Å². The van der Waals surface area contributed by atoms with Gasteiger partial charge < -0.3 is 9.30 Å². The highest BCUT2D eigenvalue weighted by Gasteiger charge is 2.21. The van der Waals surface area contributed by atoms with Crippen molar-refractivity contribution in [1.29, 1.82) is 0 Å². The van der Waals surface area contributed by atoms with Gasteiger partial charge in [-0.1, -0.05) is 23.7 Å². The second-order valence-corrected chi connectivity index (χ2v) is 5.80. The summed E-state index contributed by atoms with van der Waals surface area (Å²) in [6, 6.07) is 11.1. The van der Waals surface area contributed by atoms with Crippen molar-refractivity contribution >= 4 is 17.6 Å². The summed E-state index contributed by atoms with van der Waals surface area (Å²) in [6.07, 6.45) is 4.19. The lowest BCUT2D eigenvalue weighted by Crippen LogP contribution is -2.32. The highest BCUT2D eigenvalue weighted by molar-refractivity contribution is 6.30. The van der Waals surface area contributed by atoms with Crippen LogP contribution in [0.1, 0.15) is 19.4 Å². The van der Waals surface area contributed by atoms with Crippen molar-refractivity contribution in [2.75, 3.05) is 6.61 Å². The van der Waals surface area contributed by atoms with E-state index in [9.17, 15) is 4.79 Å². The minimum atomic E-state index is -0.251. The van der Waals surface area contributed by atoms with Crippen LogP contribution in [0.4, 0.5) is 0 Å². The molecule has 1 heterocycles. The normalized spacial score (nSPS) is 11.3. The molecule has 0 radical (unpaired) electrons. The van der Waals surface area contributed by atoms with Crippen LogP contribution in [0.2, 0.25) is 5.02 Å².